The number of nitrogens with one attached hydrogen (secondary N) is 2. The van der Waals surface area contributed by atoms with Crippen LogP contribution in [-0.2, 0) is 9.59 Å². The molecule has 1 unspecified atom stereocenters. The first-order valence-corrected chi connectivity index (χ1v) is 9.30. The van der Waals surface area contributed by atoms with Gasteiger partial charge in [-0.3, -0.25) is 14.5 Å². The van der Waals surface area contributed by atoms with Crippen molar-refractivity contribution in [2.75, 3.05) is 50.8 Å². The number of carbonyl (C=O) groups excluding carboxylic acids is 2. The number of thioether (sulfide) groups is 1. The highest BCUT2D eigenvalue weighted by molar-refractivity contribution is 7.99. The van der Waals surface area contributed by atoms with E-state index in [1.165, 1.54) is 0 Å². The number of nitrogens with zero attached hydrogens (tertiary/aromatic N) is 2. The molecule has 2 rings (SSSR count). The summed E-state index contributed by atoms with van der Waals surface area (Å²) < 4.78 is 0. The van der Waals surface area contributed by atoms with Gasteiger partial charge < -0.3 is 15.5 Å². The van der Waals surface area contributed by atoms with Crippen LogP contribution >= 0.6 is 36.6 Å². The highest BCUT2D eigenvalue weighted by atomic mass is 35.5. The minimum Gasteiger partial charge on any atom is -0.353 e. The molecule has 142 valence electrons. The zero-order chi connectivity index (χ0) is 15.9. The van der Waals surface area contributed by atoms with Crippen LogP contribution in [0.5, 0.6) is 0 Å². The summed E-state index contributed by atoms with van der Waals surface area (Å²) in [5.41, 5.74) is 0. The molecule has 2 amide bonds. The van der Waals surface area contributed by atoms with Gasteiger partial charge in [0.15, 0.2) is 0 Å². The van der Waals surface area contributed by atoms with Crippen molar-refractivity contribution in [2.45, 2.75) is 32.4 Å². The Morgan fingerprint density at radius 3 is 2.42 bits per heavy atom. The quantitative estimate of drug-likeness (QED) is 0.706. The predicted molar refractivity (Wildman–Crippen MR) is 105 cm³/mol. The fraction of sp³-hybridized carbons (Fsp3) is 0.867. The molecule has 2 saturated heterocycles. The van der Waals surface area contributed by atoms with Crippen LogP contribution in [0.3, 0.4) is 0 Å². The second kappa shape index (κ2) is 12.2. The zero-order valence-electron chi connectivity index (χ0n) is 14.5. The van der Waals surface area contributed by atoms with Crippen LogP contribution in [0.2, 0.25) is 0 Å². The number of rotatable bonds is 5. The Bertz CT molecular complexity index is 388. The molecular weight excluding hydrogens is 371 g/mol. The van der Waals surface area contributed by atoms with Gasteiger partial charge in [0.05, 0.1) is 6.54 Å². The van der Waals surface area contributed by atoms with Gasteiger partial charge in [0, 0.05) is 62.7 Å². The Labute approximate surface area is 161 Å². The van der Waals surface area contributed by atoms with Gasteiger partial charge in [-0.1, -0.05) is 0 Å². The molecule has 0 aliphatic carbocycles. The van der Waals surface area contributed by atoms with E-state index in [-0.39, 0.29) is 42.7 Å². The SMILES string of the molecule is CC(C)NC(=O)CN1CCN(C(=O)CC2CSCCN2)CC1.Cl.Cl. The second-order valence-electron chi connectivity index (χ2n) is 6.31. The summed E-state index contributed by atoms with van der Waals surface area (Å²) in [6, 6.07) is 0.498. The van der Waals surface area contributed by atoms with Crippen LogP contribution < -0.4 is 10.6 Å². The Hall–Kier alpha value is -0.210. The van der Waals surface area contributed by atoms with Gasteiger partial charge in [0.1, 0.15) is 0 Å². The molecule has 24 heavy (non-hydrogen) atoms. The molecule has 0 spiro atoms. The van der Waals surface area contributed by atoms with Gasteiger partial charge in [-0.2, -0.15) is 11.8 Å². The number of amides is 2. The summed E-state index contributed by atoms with van der Waals surface area (Å²) >= 11 is 1.92. The highest BCUT2D eigenvalue weighted by Gasteiger charge is 2.25. The van der Waals surface area contributed by atoms with Crippen molar-refractivity contribution >= 4 is 48.4 Å². The van der Waals surface area contributed by atoms with Crippen LogP contribution in [0, 0.1) is 0 Å². The summed E-state index contributed by atoms with van der Waals surface area (Å²) in [4.78, 5) is 28.1. The van der Waals surface area contributed by atoms with Crippen molar-refractivity contribution in [1.82, 2.24) is 20.4 Å². The highest BCUT2D eigenvalue weighted by Crippen LogP contribution is 2.12. The lowest BCUT2D eigenvalue weighted by molar-refractivity contribution is -0.133. The Morgan fingerprint density at radius 1 is 1.21 bits per heavy atom. The molecule has 2 aliphatic heterocycles. The first-order valence-electron chi connectivity index (χ1n) is 8.15. The Morgan fingerprint density at radius 2 is 1.88 bits per heavy atom. The van der Waals surface area contributed by atoms with Crippen molar-refractivity contribution < 1.29 is 9.59 Å². The molecule has 0 aromatic heterocycles. The molecule has 1 atom stereocenters. The number of hydrogen-bond acceptors (Lipinski definition) is 5. The summed E-state index contributed by atoms with van der Waals surface area (Å²) in [5, 5.41) is 6.32. The third-order valence-corrected chi connectivity index (χ3v) is 5.09. The van der Waals surface area contributed by atoms with E-state index in [2.05, 4.69) is 15.5 Å². The minimum absolute atomic E-state index is 0. The number of hydrogen-bond donors (Lipinski definition) is 2. The van der Waals surface area contributed by atoms with E-state index in [1.54, 1.807) is 0 Å². The van der Waals surface area contributed by atoms with Crippen LogP contribution in [0.4, 0.5) is 0 Å². The summed E-state index contributed by atoms with van der Waals surface area (Å²) in [7, 11) is 0. The van der Waals surface area contributed by atoms with Crippen molar-refractivity contribution in [3.8, 4) is 0 Å². The minimum atomic E-state index is 0. The monoisotopic (exact) mass is 400 g/mol. The van der Waals surface area contributed by atoms with E-state index >= 15 is 0 Å². The molecule has 6 nitrogen and oxygen atoms in total. The molecule has 0 bridgehead atoms. The van der Waals surface area contributed by atoms with Gasteiger partial charge in [-0.05, 0) is 13.8 Å². The van der Waals surface area contributed by atoms with Crippen molar-refractivity contribution in [3.05, 3.63) is 0 Å². The Kier molecular flexibility index (Phi) is 12.1. The maximum absolute atomic E-state index is 12.3. The van der Waals surface area contributed by atoms with E-state index in [1.807, 2.05) is 30.5 Å². The first-order chi connectivity index (χ1) is 10.5. The maximum Gasteiger partial charge on any atom is 0.234 e. The number of carbonyl (C=O) groups is 2. The lowest BCUT2D eigenvalue weighted by atomic mass is 10.2. The first kappa shape index (κ1) is 23.8. The van der Waals surface area contributed by atoms with E-state index < -0.39 is 0 Å². The molecule has 0 aromatic rings. The molecule has 0 saturated carbocycles. The van der Waals surface area contributed by atoms with Gasteiger partial charge >= 0.3 is 0 Å². The van der Waals surface area contributed by atoms with Gasteiger partial charge in [0.2, 0.25) is 11.8 Å². The molecule has 2 aliphatic rings. The molecule has 0 radical (unpaired) electrons. The smallest absolute Gasteiger partial charge is 0.234 e. The predicted octanol–water partition coefficient (Wildman–Crippen LogP) is 0.594. The van der Waals surface area contributed by atoms with E-state index in [0.717, 1.165) is 44.2 Å². The fourth-order valence-corrected chi connectivity index (χ4v) is 3.77. The van der Waals surface area contributed by atoms with E-state index in [4.69, 9.17) is 0 Å². The molecule has 2 heterocycles. The van der Waals surface area contributed by atoms with Crippen molar-refractivity contribution in [1.29, 1.82) is 0 Å². The van der Waals surface area contributed by atoms with E-state index in [0.29, 0.717) is 19.0 Å². The van der Waals surface area contributed by atoms with Crippen LogP contribution in [0.15, 0.2) is 0 Å². The maximum atomic E-state index is 12.3. The molecule has 9 heteroatoms. The largest absolute Gasteiger partial charge is 0.353 e. The van der Waals surface area contributed by atoms with Gasteiger partial charge in [0.25, 0.3) is 0 Å². The lowest BCUT2D eigenvalue weighted by Gasteiger charge is -2.35. The zero-order valence-corrected chi connectivity index (χ0v) is 16.9. The van der Waals surface area contributed by atoms with Crippen LogP contribution in [0.1, 0.15) is 20.3 Å². The normalized spacial score (nSPS) is 21.6. The topological polar surface area (TPSA) is 64.7 Å². The second-order valence-corrected chi connectivity index (χ2v) is 7.46. The number of halogens is 2. The van der Waals surface area contributed by atoms with Gasteiger partial charge in [-0.15, -0.1) is 24.8 Å². The third kappa shape index (κ3) is 8.25. The molecule has 2 N–H and O–H groups in total. The van der Waals surface area contributed by atoms with Crippen LogP contribution in [-0.4, -0.2) is 84.5 Å². The standard InChI is InChI=1S/C15H28N4O2S.2ClH/c1-12(2)17-14(20)10-18-4-6-19(7-5-18)15(21)9-13-11-22-8-3-16-13;;/h12-13,16H,3-11H2,1-2H3,(H,17,20);2*1H. The Balaban J connectivity index is 0.00000264. The summed E-state index contributed by atoms with van der Waals surface area (Å²) in [6.45, 7) is 8.38. The third-order valence-electron chi connectivity index (χ3n) is 3.96. The molecular formula is C15H30Cl2N4O2S. The lowest BCUT2D eigenvalue weighted by Crippen LogP contribution is -2.52. The van der Waals surface area contributed by atoms with Crippen LogP contribution in [0.25, 0.3) is 0 Å². The fourth-order valence-electron chi connectivity index (χ4n) is 2.82. The average molecular weight is 401 g/mol. The number of piperazine rings is 1. The molecule has 2 fully saturated rings. The van der Waals surface area contributed by atoms with Crippen molar-refractivity contribution in [3.63, 3.8) is 0 Å². The summed E-state index contributed by atoms with van der Waals surface area (Å²) in [5.74, 6) is 2.48. The summed E-state index contributed by atoms with van der Waals surface area (Å²) in [6.07, 6.45) is 0.598. The van der Waals surface area contributed by atoms with Gasteiger partial charge in [-0.25, -0.2) is 0 Å². The average Bonchev–Trinajstić information content (AvgIpc) is 2.48. The van der Waals surface area contributed by atoms with E-state index in [9.17, 15) is 9.59 Å². The van der Waals surface area contributed by atoms with Crippen molar-refractivity contribution in [2.24, 2.45) is 0 Å². The molecule has 0 aromatic carbocycles.